The molecule has 41 heavy (non-hydrogen) atoms. The Bertz CT molecular complexity index is 1190. The van der Waals surface area contributed by atoms with Gasteiger partial charge in [0.1, 0.15) is 6.61 Å². The molecule has 2 aromatic rings. The van der Waals surface area contributed by atoms with Gasteiger partial charge in [0, 0.05) is 24.7 Å². The Morgan fingerprint density at radius 1 is 1.20 bits per heavy atom. The molecule has 1 aliphatic heterocycles. The highest BCUT2D eigenvalue weighted by molar-refractivity contribution is 6.28. The SMILES string of the molecule is CN(C)C1CN(c2nc(Cl)nc(NNC(=O)[C@@H](CNC(=O)OCc3ccccc3)CC3CCCC3)c2F)C(C)(C)C1. The molecule has 0 bridgehead atoms. The summed E-state index contributed by atoms with van der Waals surface area (Å²) in [7, 11) is 3.99. The van der Waals surface area contributed by atoms with Crippen LogP contribution in [-0.4, -0.2) is 65.6 Å². The third-order valence-electron chi connectivity index (χ3n) is 8.12. The lowest BCUT2D eigenvalue weighted by atomic mass is 9.92. The van der Waals surface area contributed by atoms with Crippen molar-refractivity contribution in [2.75, 3.05) is 37.5 Å². The van der Waals surface area contributed by atoms with E-state index in [9.17, 15) is 9.59 Å². The standard InChI is InChI=1S/C29H41ClFN7O3/c1-29(2)15-22(37(3)4)17-38(29)25-23(31)24(33-27(30)34-25)35-36-26(39)21(14-19-10-8-9-11-19)16-32-28(40)41-18-20-12-6-5-7-13-20/h5-7,12-13,19,21-22H,8-11,14-18H2,1-4H3,(H,32,40)(H,36,39)(H,33,34,35)/t21-,22?/m1/s1. The molecule has 2 heterocycles. The summed E-state index contributed by atoms with van der Waals surface area (Å²) in [6.45, 7) is 4.86. The highest BCUT2D eigenvalue weighted by Crippen LogP contribution is 2.37. The van der Waals surface area contributed by atoms with Gasteiger partial charge in [-0.05, 0) is 63.9 Å². The number of alkyl carbamates (subject to hydrolysis) is 1. The smallest absolute Gasteiger partial charge is 0.407 e. The third kappa shape index (κ3) is 8.19. The van der Waals surface area contributed by atoms with E-state index >= 15 is 4.39 Å². The van der Waals surface area contributed by atoms with Crippen LogP contribution in [0.2, 0.25) is 5.28 Å². The predicted octanol–water partition coefficient (Wildman–Crippen LogP) is 4.75. The third-order valence-corrected chi connectivity index (χ3v) is 8.29. The van der Waals surface area contributed by atoms with E-state index in [0.29, 0.717) is 18.9 Å². The molecule has 1 saturated carbocycles. The van der Waals surface area contributed by atoms with Crippen LogP contribution in [0.15, 0.2) is 30.3 Å². The lowest BCUT2D eigenvalue weighted by Crippen LogP contribution is -2.42. The first-order valence-corrected chi connectivity index (χ1v) is 14.6. The van der Waals surface area contributed by atoms with Gasteiger partial charge in [-0.3, -0.25) is 15.6 Å². The van der Waals surface area contributed by atoms with E-state index in [-0.39, 0.29) is 47.6 Å². The molecular weight excluding hydrogens is 549 g/mol. The fraction of sp³-hybridized carbons (Fsp3) is 0.586. The van der Waals surface area contributed by atoms with Crippen molar-refractivity contribution >= 4 is 35.2 Å². The Hall–Kier alpha value is -3.18. The summed E-state index contributed by atoms with van der Waals surface area (Å²) < 4.78 is 21.0. The maximum atomic E-state index is 15.7. The van der Waals surface area contributed by atoms with Crippen LogP contribution in [0.3, 0.4) is 0 Å². The van der Waals surface area contributed by atoms with Crippen molar-refractivity contribution in [1.82, 2.24) is 25.6 Å². The van der Waals surface area contributed by atoms with Crippen LogP contribution in [0.4, 0.5) is 20.8 Å². The number of hydrogen-bond donors (Lipinski definition) is 3. The van der Waals surface area contributed by atoms with Crippen LogP contribution >= 0.6 is 11.6 Å². The molecule has 10 nitrogen and oxygen atoms in total. The van der Waals surface area contributed by atoms with Gasteiger partial charge in [0.25, 0.3) is 0 Å². The van der Waals surface area contributed by atoms with Crippen molar-refractivity contribution in [3.63, 3.8) is 0 Å². The molecule has 1 unspecified atom stereocenters. The summed E-state index contributed by atoms with van der Waals surface area (Å²) in [4.78, 5) is 37.8. The van der Waals surface area contributed by atoms with E-state index in [2.05, 4.69) is 31.0 Å². The topological polar surface area (TPSA) is 112 Å². The number of carbonyl (C=O) groups is 2. The van der Waals surface area contributed by atoms with Crippen LogP contribution in [-0.2, 0) is 16.1 Å². The minimum Gasteiger partial charge on any atom is -0.445 e. The van der Waals surface area contributed by atoms with E-state index in [4.69, 9.17) is 16.3 Å². The summed E-state index contributed by atoms with van der Waals surface area (Å²) in [5.74, 6) is -1.38. The van der Waals surface area contributed by atoms with Gasteiger partial charge in [0.15, 0.2) is 11.6 Å². The number of rotatable bonds is 11. The maximum absolute atomic E-state index is 15.7. The van der Waals surface area contributed by atoms with Crippen molar-refractivity contribution in [3.05, 3.63) is 47.0 Å². The quantitative estimate of drug-likeness (QED) is 0.254. The number of nitrogens with zero attached hydrogens (tertiary/aromatic N) is 4. The Morgan fingerprint density at radius 3 is 2.56 bits per heavy atom. The average molecular weight is 590 g/mol. The molecule has 0 radical (unpaired) electrons. The number of ether oxygens (including phenoxy) is 1. The lowest BCUT2D eigenvalue weighted by molar-refractivity contribution is -0.124. The number of hydrogen-bond acceptors (Lipinski definition) is 8. The molecule has 2 atom stereocenters. The van der Waals surface area contributed by atoms with E-state index in [1.165, 1.54) is 0 Å². The van der Waals surface area contributed by atoms with Gasteiger partial charge >= 0.3 is 6.09 Å². The second kappa shape index (κ2) is 13.7. The van der Waals surface area contributed by atoms with E-state index in [1.54, 1.807) is 0 Å². The highest BCUT2D eigenvalue weighted by Gasteiger charge is 2.42. The molecule has 12 heteroatoms. The van der Waals surface area contributed by atoms with Gasteiger partial charge in [0.2, 0.25) is 17.0 Å². The fourth-order valence-corrected chi connectivity index (χ4v) is 5.90. The molecule has 1 aliphatic carbocycles. The molecule has 0 spiro atoms. The Labute approximate surface area is 246 Å². The summed E-state index contributed by atoms with van der Waals surface area (Å²) in [6.07, 6.45) is 5.14. The summed E-state index contributed by atoms with van der Waals surface area (Å²) in [6, 6.07) is 9.58. The maximum Gasteiger partial charge on any atom is 0.407 e. The zero-order valence-corrected chi connectivity index (χ0v) is 25.0. The number of hydrazine groups is 1. The van der Waals surface area contributed by atoms with Crippen LogP contribution < -0.4 is 21.1 Å². The molecule has 1 aromatic carbocycles. The van der Waals surface area contributed by atoms with Crippen LogP contribution in [0, 0.1) is 17.7 Å². The zero-order chi connectivity index (χ0) is 29.6. The van der Waals surface area contributed by atoms with E-state index < -0.39 is 17.8 Å². The van der Waals surface area contributed by atoms with Gasteiger partial charge in [-0.2, -0.15) is 14.4 Å². The Kier molecular flexibility index (Phi) is 10.2. The minimum absolute atomic E-state index is 0.0847. The number of nitrogens with one attached hydrogen (secondary N) is 3. The molecule has 2 fully saturated rings. The number of carbonyl (C=O) groups excluding carboxylic acids is 2. The number of likely N-dealkylation sites (N-methyl/N-ethyl adjacent to an activating group) is 1. The first-order chi connectivity index (χ1) is 19.5. The molecule has 2 amide bonds. The van der Waals surface area contributed by atoms with Gasteiger partial charge in [0.05, 0.1) is 5.92 Å². The van der Waals surface area contributed by atoms with Crippen molar-refractivity contribution in [1.29, 1.82) is 0 Å². The molecule has 1 aromatic heterocycles. The summed E-state index contributed by atoms with van der Waals surface area (Å²) in [5.41, 5.74) is 5.73. The zero-order valence-electron chi connectivity index (χ0n) is 24.3. The molecule has 3 N–H and O–H groups in total. The fourth-order valence-electron chi connectivity index (χ4n) is 5.73. The predicted molar refractivity (Wildman–Crippen MR) is 157 cm³/mol. The van der Waals surface area contributed by atoms with E-state index in [0.717, 1.165) is 37.7 Å². The van der Waals surface area contributed by atoms with Gasteiger partial charge in [-0.15, -0.1) is 0 Å². The molecule has 224 valence electrons. The Balaban J connectivity index is 1.40. The van der Waals surface area contributed by atoms with Gasteiger partial charge < -0.3 is 19.9 Å². The Morgan fingerprint density at radius 2 is 1.90 bits per heavy atom. The van der Waals surface area contributed by atoms with Crippen LogP contribution in [0.5, 0.6) is 0 Å². The number of amides is 2. The normalized spacial score (nSPS) is 19.3. The van der Waals surface area contributed by atoms with Crippen molar-refractivity contribution in [2.24, 2.45) is 11.8 Å². The second-order valence-corrected chi connectivity index (χ2v) is 12.2. The summed E-state index contributed by atoms with van der Waals surface area (Å²) in [5, 5.41) is 2.58. The first-order valence-electron chi connectivity index (χ1n) is 14.2. The molecule has 4 rings (SSSR count). The molecular formula is C29H41ClFN7O3. The number of benzene rings is 1. The van der Waals surface area contributed by atoms with Gasteiger partial charge in [-0.25, -0.2) is 4.79 Å². The molecule has 2 aliphatic rings. The van der Waals surface area contributed by atoms with Crippen LogP contribution in [0.25, 0.3) is 0 Å². The van der Waals surface area contributed by atoms with Gasteiger partial charge in [-0.1, -0.05) is 56.0 Å². The monoisotopic (exact) mass is 589 g/mol. The first kappa shape index (κ1) is 30.8. The van der Waals surface area contributed by atoms with Crippen molar-refractivity contribution in [3.8, 4) is 0 Å². The largest absolute Gasteiger partial charge is 0.445 e. The highest BCUT2D eigenvalue weighted by atomic mass is 35.5. The van der Waals surface area contributed by atoms with Crippen molar-refractivity contribution in [2.45, 2.75) is 70.6 Å². The second-order valence-electron chi connectivity index (χ2n) is 11.9. The van der Waals surface area contributed by atoms with E-state index in [1.807, 2.05) is 63.2 Å². The van der Waals surface area contributed by atoms with Crippen LogP contribution in [0.1, 0.15) is 57.9 Å². The minimum atomic E-state index is -0.697. The number of anilines is 2. The summed E-state index contributed by atoms with van der Waals surface area (Å²) >= 11 is 6.20. The van der Waals surface area contributed by atoms with Crippen molar-refractivity contribution < 1.29 is 18.7 Å². The number of halogens is 2. The molecule has 1 saturated heterocycles. The lowest BCUT2D eigenvalue weighted by Gasteiger charge is -2.32. The number of aromatic nitrogens is 2. The average Bonchev–Trinajstić information content (AvgIpc) is 3.57.